The quantitative estimate of drug-likeness (QED) is 0.768. The highest BCUT2D eigenvalue weighted by Gasteiger charge is 2.24. The Labute approximate surface area is 111 Å². The zero-order valence-corrected chi connectivity index (χ0v) is 11.2. The number of aromatic nitrogens is 2. The third-order valence-electron chi connectivity index (χ3n) is 3.24. The predicted octanol–water partition coefficient (Wildman–Crippen LogP) is 0.593. The highest BCUT2D eigenvalue weighted by Crippen LogP contribution is 2.14. The summed E-state index contributed by atoms with van der Waals surface area (Å²) in [5.74, 6) is 0. The van der Waals surface area contributed by atoms with Crippen molar-refractivity contribution in [2.24, 2.45) is 0 Å². The Morgan fingerprint density at radius 2 is 2.16 bits per heavy atom. The lowest BCUT2D eigenvalue weighted by Gasteiger charge is -2.22. The van der Waals surface area contributed by atoms with Gasteiger partial charge in [0.05, 0.1) is 11.0 Å². The molecule has 3 rings (SSSR count). The van der Waals surface area contributed by atoms with Crippen LogP contribution in [0, 0.1) is 0 Å². The number of para-hydroxylation sites is 2. The molecule has 1 aromatic carbocycles. The summed E-state index contributed by atoms with van der Waals surface area (Å²) in [5, 5.41) is 3.16. The first kappa shape index (κ1) is 12.6. The lowest BCUT2D eigenvalue weighted by Crippen LogP contribution is -2.45. The molecule has 1 aliphatic rings. The summed E-state index contributed by atoms with van der Waals surface area (Å²) in [6, 6.07) is 7.20. The van der Waals surface area contributed by atoms with Gasteiger partial charge in [-0.25, -0.2) is 18.1 Å². The van der Waals surface area contributed by atoms with Crippen LogP contribution in [0.2, 0.25) is 0 Å². The minimum Gasteiger partial charge on any atom is -0.328 e. The molecular weight excluding hydrogens is 264 g/mol. The molecule has 0 radical (unpaired) electrons. The molecule has 1 aliphatic heterocycles. The smallest absolute Gasteiger partial charge is 0.274 e. The molecule has 6 nitrogen and oxygen atoms in total. The molecule has 7 heteroatoms. The molecule has 0 aliphatic carbocycles. The van der Waals surface area contributed by atoms with E-state index in [9.17, 15) is 8.42 Å². The van der Waals surface area contributed by atoms with E-state index in [1.165, 1.54) is 0 Å². The molecule has 1 fully saturated rings. The van der Waals surface area contributed by atoms with Crippen LogP contribution in [0.25, 0.3) is 11.0 Å². The second-order valence-corrected chi connectivity index (χ2v) is 6.35. The number of nitrogens with one attached hydrogen (secondary N) is 3. The fraction of sp³-hybridized carbons (Fsp3) is 0.417. The van der Waals surface area contributed by atoms with E-state index < -0.39 is 10.0 Å². The van der Waals surface area contributed by atoms with Crippen molar-refractivity contribution in [1.29, 1.82) is 0 Å². The highest BCUT2D eigenvalue weighted by atomic mass is 32.2. The zero-order valence-electron chi connectivity index (χ0n) is 10.4. The number of fused-ring (bicyclic) bond motifs is 1. The van der Waals surface area contributed by atoms with Crippen LogP contribution in [0.3, 0.4) is 0 Å². The van der Waals surface area contributed by atoms with Crippen molar-refractivity contribution in [2.75, 3.05) is 13.1 Å². The SMILES string of the molecule is O=S(=O)(NC1CCCNC1)c1nc2ccccc2[nH]1. The molecular formula is C12H16N4O2S. The van der Waals surface area contributed by atoms with Crippen LogP contribution >= 0.6 is 0 Å². The second kappa shape index (κ2) is 4.92. The number of nitrogens with zero attached hydrogens (tertiary/aromatic N) is 1. The third kappa shape index (κ3) is 2.63. The third-order valence-corrected chi connectivity index (χ3v) is 4.59. The van der Waals surface area contributed by atoms with Crippen LogP contribution < -0.4 is 10.0 Å². The molecule has 102 valence electrons. The van der Waals surface area contributed by atoms with Gasteiger partial charge in [-0.05, 0) is 31.5 Å². The largest absolute Gasteiger partial charge is 0.328 e. The van der Waals surface area contributed by atoms with Crippen molar-refractivity contribution in [1.82, 2.24) is 20.0 Å². The number of rotatable bonds is 3. The number of hydrogen-bond donors (Lipinski definition) is 3. The Bertz CT molecular complexity index is 641. The average molecular weight is 280 g/mol. The molecule has 3 N–H and O–H groups in total. The van der Waals surface area contributed by atoms with E-state index in [0.29, 0.717) is 12.1 Å². The first-order chi connectivity index (χ1) is 9.15. The van der Waals surface area contributed by atoms with E-state index in [1.807, 2.05) is 18.2 Å². The summed E-state index contributed by atoms with van der Waals surface area (Å²) in [6.07, 6.45) is 1.83. The van der Waals surface area contributed by atoms with Gasteiger partial charge in [-0.3, -0.25) is 0 Å². The van der Waals surface area contributed by atoms with E-state index in [-0.39, 0.29) is 11.2 Å². The minimum absolute atomic E-state index is 0.0146. The number of benzene rings is 1. The van der Waals surface area contributed by atoms with E-state index in [2.05, 4.69) is 20.0 Å². The van der Waals surface area contributed by atoms with Crippen LogP contribution in [0.4, 0.5) is 0 Å². The number of imidazole rings is 1. The fourth-order valence-corrected chi connectivity index (χ4v) is 3.50. The van der Waals surface area contributed by atoms with E-state index in [1.54, 1.807) is 6.07 Å². The van der Waals surface area contributed by atoms with Crippen LogP contribution in [-0.2, 0) is 10.0 Å². The molecule has 0 amide bonds. The summed E-state index contributed by atoms with van der Waals surface area (Å²) in [7, 11) is -3.58. The molecule has 19 heavy (non-hydrogen) atoms. The molecule has 2 aromatic rings. The summed E-state index contributed by atoms with van der Waals surface area (Å²) in [4.78, 5) is 6.97. The Kier molecular flexibility index (Phi) is 3.26. The topological polar surface area (TPSA) is 86.9 Å². The summed E-state index contributed by atoms with van der Waals surface area (Å²) in [5.41, 5.74) is 1.38. The van der Waals surface area contributed by atoms with Gasteiger partial charge in [0.2, 0.25) is 5.16 Å². The average Bonchev–Trinajstić information content (AvgIpc) is 2.84. The molecule has 0 bridgehead atoms. The maximum Gasteiger partial charge on any atom is 0.274 e. The van der Waals surface area contributed by atoms with Crippen molar-refractivity contribution in [3.63, 3.8) is 0 Å². The minimum atomic E-state index is -3.58. The van der Waals surface area contributed by atoms with Gasteiger partial charge in [-0.2, -0.15) is 0 Å². The van der Waals surface area contributed by atoms with Gasteiger partial charge in [0, 0.05) is 12.6 Å². The molecule has 1 unspecified atom stereocenters. The van der Waals surface area contributed by atoms with E-state index in [4.69, 9.17) is 0 Å². The van der Waals surface area contributed by atoms with Crippen LogP contribution in [0.5, 0.6) is 0 Å². The Balaban J connectivity index is 1.86. The van der Waals surface area contributed by atoms with Gasteiger partial charge in [0.25, 0.3) is 10.0 Å². The van der Waals surface area contributed by atoms with Crippen molar-refractivity contribution in [3.05, 3.63) is 24.3 Å². The first-order valence-corrected chi connectivity index (χ1v) is 7.81. The normalized spacial score (nSPS) is 20.7. The maximum absolute atomic E-state index is 12.2. The summed E-state index contributed by atoms with van der Waals surface area (Å²) < 4.78 is 27.2. The molecule has 2 heterocycles. The van der Waals surface area contributed by atoms with Crippen molar-refractivity contribution in [2.45, 2.75) is 24.0 Å². The lowest BCUT2D eigenvalue weighted by atomic mass is 10.1. The van der Waals surface area contributed by atoms with Crippen LogP contribution in [0.15, 0.2) is 29.4 Å². The molecule has 1 atom stereocenters. The van der Waals surface area contributed by atoms with E-state index >= 15 is 0 Å². The van der Waals surface area contributed by atoms with Gasteiger partial charge in [-0.1, -0.05) is 12.1 Å². The van der Waals surface area contributed by atoms with Gasteiger partial charge in [-0.15, -0.1) is 0 Å². The van der Waals surface area contributed by atoms with Crippen molar-refractivity contribution >= 4 is 21.1 Å². The summed E-state index contributed by atoms with van der Waals surface area (Å²) >= 11 is 0. The molecule has 1 aromatic heterocycles. The number of hydrogen-bond acceptors (Lipinski definition) is 4. The second-order valence-electron chi connectivity index (χ2n) is 4.72. The van der Waals surface area contributed by atoms with Gasteiger partial charge in [0.1, 0.15) is 0 Å². The van der Waals surface area contributed by atoms with Gasteiger partial charge >= 0.3 is 0 Å². The summed E-state index contributed by atoms with van der Waals surface area (Å²) in [6.45, 7) is 1.61. The zero-order chi connectivity index (χ0) is 13.3. The van der Waals surface area contributed by atoms with Gasteiger partial charge < -0.3 is 10.3 Å². The number of H-pyrrole nitrogens is 1. The molecule has 0 spiro atoms. The first-order valence-electron chi connectivity index (χ1n) is 6.33. The highest BCUT2D eigenvalue weighted by molar-refractivity contribution is 7.89. The molecule has 1 saturated heterocycles. The van der Waals surface area contributed by atoms with E-state index in [0.717, 1.165) is 24.9 Å². The Morgan fingerprint density at radius 3 is 2.89 bits per heavy atom. The Hall–Kier alpha value is -1.44. The molecule has 0 saturated carbocycles. The fourth-order valence-electron chi connectivity index (χ4n) is 2.28. The number of piperidine rings is 1. The predicted molar refractivity (Wildman–Crippen MR) is 72.3 cm³/mol. The monoisotopic (exact) mass is 280 g/mol. The standard InChI is InChI=1S/C12H16N4O2S/c17-19(18,16-9-4-3-7-13-8-9)12-14-10-5-1-2-6-11(10)15-12/h1-2,5-6,9,13,16H,3-4,7-8H2,(H,14,15). The van der Waals surface area contributed by atoms with Gasteiger partial charge in [0.15, 0.2) is 0 Å². The van der Waals surface area contributed by atoms with Crippen molar-refractivity contribution < 1.29 is 8.42 Å². The number of aromatic amines is 1. The Morgan fingerprint density at radius 1 is 1.32 bits per heavy atom. The van der Waals surface area contributed by atoms with Crippen LogP contribution in [-0.4, -0.2) is 37.5 Å². The van der Waals surface area contributed by atoms with Crippen LogP contribution in [0.1, 0.15) is 12.8 Å². The lowest BCUT2D eigenvalue weighted by molar-refractivity contribution is 0.427. The van der Waals surface area contributed by atoms with Crippen molar-refractivity contribution in [3.8, 4) is 0 Å². The maximum atomic E-state index is 12.2. The number of sulfonamides is 1.